The van der Waals surface area contributed by atoms with Crippen molar-refractivity contribution >= 4 is 23.3 Å². The summed E-state index contributed by atoms with van der Waals surface area (Å²) in [5.74, 6) is -0.530. The lowest BCUT2D eigenvalue weighted by Gasteiger charge is -2.01. The van der Waals surface area contributed by atoms with Gasteiger partial charge >= 0.3 is 0 Å². The smallest absolute Gasteiger partial charge is 0.151 e. The minimum atomic E-state index is -0.787. The Morgan fingerprint density at radius 3 is 1.90 bits per heavy atom. The van der Waals surface area contributed by atoms with Gasteiger partial charge in [0.1, 0.15) is 10.7 Å². The average Bonchev–Trinajstić information content (AvgIpc) is 1.81. The molecule has 0 aromatic carbocycles. The SMILES string of the molecule is CC(=O)C(SC#N)C(C)=O. The number of ketones is 2. The lowest BCUT2D eigenvalue weighted by Crippen LogP contribution is -2.21. The largest absolute Gasteiger partial charge is 0.298 e. The summed E-state index contributed by atoms with van der Waals surface area (Å²) in [7, 11) is 0. The molecule has 0 amide bonds. The van der Waals surface area contributed by atoms with Crippen LogP contribution in [0.5, 0.6) is 0 Å². The van der Waals surface area contributed by atoms with E-state index in [1.165, 1.54) is 13.8 Å². The maximum absolute atomic E-state index is 10.6. The summed E-state index contributed by atoms with van der Waals surface area (Å²) in [6, 6.07) is 0. The topological polar surface area (TPSA) is 57.9 Å². The number of nitrogens with zero attached hydrogens (tertiary/aromatic N) is 1. The molecular formula is C6H7NO2S. The van der Waals surface area contributed by atoms with Crippen molar-refractivity contribution in [1.82, 2.24) is 0 Å². The highest BCUT2D eigenvalue weighted by Gasteiger charge is 2.19. The highest BCUT2D eigenvalue weighted by Crippen LogP contribution is 2.10. The van der Waals surface area contributed by atoms with E-state index < -0.39 is 5.25 Å². The van der Waals surface area contributed by atoms with Crippen molar-refractivity contribution < 1.29 is 9.59 Å². The molecule has 0 bridgehead atoms. The molecule has 0 aliphatic heterocycles. The molecule has 54 valence electrons. The zero-order valence-electron chi connectivity index (χ0n) is 5.75. The molecule has 0 radical (unpaired) electrons. The van der Waals surface area contributed by atoms with Crippen LogP contribution in [-0.2, 0) is 9.59 Å². The van der Waals surface area contributed by atoms with Gasteiger partial charge in [-0.2, -0.15) is 5.26 Å². The van der Waals surface area contributed by atoms with Crippen molar-refractivity contribution in [2.24, 2.45) is 0 Å². The van der Waals surface area contributed by atoms with E-state index >= 15 is 0 Å². The van der Waals surface area contributed by atoms with E-state index in [1.54, 1.807) is 5.40 Å². The second-order valence-corrected chi connectivity index (χ2v) is 2.70. The number of hydrogen-bond acceptors (Lipinski definition) is 4. The molecule has 0 spiro atoms. The van der Waals surface area contributed by atoms with Crippen LogP contribution in [0, 0.1) is 10.7 Å². The number of carbonyl (C=O) groups excluding carboxylic acids is 2. The molecule has 0 unspecified atom stereocenters. The molecule has 0 rings (SSSR count). The number of carbonyl (C=O) groups is 2. The van der Waals surface area contributed by atoms with Crippen molar-refractivity contribution in [3.63, 3.8) is 0 Å². The fourth-order valence-corrected chi connectivity index (χ4v) is 0.942. The summed E-state index contributed by atoms with van der Waals surface area (Å²) in [4.78, 5) is 21.2. The number of rotatable bonds is 3. The Morgan fingerprint density at radius 1 is 1.40 bits per heavy atom. The van der Waals surface area contributed by atoms with Crippen molar-refractivity contribution in [2.75, 3.05) is 0 Å². The third-order valence-electron chi connectivity index (χ3n) is 0.909. The van der Waals surface area contributed by atoms with Crippen LogP contribution in [0.2, 0.25) is 0 Å². The summed E-state index contributed by atoms with van der Waals surface area (Å²) in [6.07, 6.45) is 0. The molecule has 0 aromatic rings. The van der Waals surface area contributed by atoms with Crippen LogP contribution in [0.25, 0.3) is 0 Å². The van der Waals surface area contributed by atoms with Gasteiger partial charge in [0.05, 0.1) is 0 Å². The number of thioether (sulfide) groups is 1. The second-order valence-electron chi connectivity index (χ2n) is 1.81. The van der Waals surface area contributed by atoms with Gasteiger partial charge < -0.3 is 0 Å². The molecule has 0 saturated carbocycles. The van der Waals surface area contributed by atoms with Crippen molar-refractivity contribution in [3.05, 3.63) is 0 Å². The summed E-state index contributed by atoms with van der Waals surface area (Å²) in [5.41, 5.74) is 0. The fourth-order valence-electron chi connectivity index (χ4n) is 0.505. The number of thiocyanates is 1. The van der Waals surface area contributed by atoms with Crippen molar-refractivity contribution in [1.29, 1.82) is 5.26 Å². The van der Waals surface area contributed by atoms with Crippen molar-refractivity contribution in [2.45, 2.75) is 19.1 Å². The van der Waals surface area contributed by atoms with Crippen molar-refractivity contribution in [3.8, 4) is 5.40 Å². The monoisotopic (exact) mass is 157 g/mol. The normalized spacial score (nSPS) is 9.00. The van der Waals surface area contributed by atoms with Gasteiger partial charge in [-0.05, 0) is 25.6 Å². The molecule has 0 aliphatic carbocycles. The standard InChI is InChI=1S/C6H7NO2S/c1-4(8)6(5(2)9)10-3-7/h6H,1-2H3. The lowest BCUT2D eigenvalue weighted by molar-refractivity contribution is -0.123. The highest BCUT2D eigenvalue weighted by atomic mass is 32.2. The molecule has 0 atom stereocenters. The van der Waals surface area contributed by atoms with E-state index in [2.05, 4.69) is 0 Å². The molecular weight excluding hydrogens is 150 g/mol. The number of nitriles is 1. The van der Waals surface area contributed by atoms with E-state index in [1.807, 2.05) is 0 Å². The third-order valence-corrected chi connectivity index (χ3v) is 1.91. The fraction of sp³-hybridized carbons (Fsp3) is 0.500. The summed E-state index contributed by atoms with van der Waals surface area (Å²) >= 11 is 0.699. The van der Waals surface area contributed by atoms with Crippen LogP contribution < -0.4 is 0 Å². The Hall–Kier alpha value is -0.820. The zero-order valence-corrected chi connectivity index (χ0v) is 6.57. The van der Waals surface area contributed by atoms with Gasteiger partial charge in [0.2, 0.25) is 0 Å². The summed E-state index contributed by atoms with van der Waals surface area (Å²) in [5, 5.41) is 9.06. The van der Waals surface area contributed by atoms with Crippen LogP contribution in [0.15, 0.2) is 0 Å². The van der Waals surface area contributed by atoms with Gasteiger partial charge in [0.15, 0.2) is 11.6 Å². The molecule has 0 saturated heterocycles. The van der Waals surface area contributed by atoms with E-state index in [9.17, 15) is 9.59 Å². The Labute approximate surface area is 63.4 Å². The predicted molar refractivity (Wildman–Crippen MR) is 38.4 cm³/mol. The maximum Gasteiger partial charge on any atom is 0.151 e. The van der Waals surface area contributed by atoms with Gasteiger partial charge in [0, 0.05) is 0 Å². The zero-order chi connectivity index (χ0) is 8.15. The summed E-state index contributed by atoms with van der Waals surface area (Å²) in [6.45, 7) is 2.60. The molecule has 4 heteroatoms. The lowest BCUT2D eigenvalue weighted by atomic mass is 10.2. The number of hydrogen-bond donors (Lipinski definition) is 0. The number of Topliss-reactive ketones (excluding diaryl/α,β-unsaturated/α-hetero) is 2. The molecule has 0 aromatic heterocycles. The van der Waals surface area contributed by atoms with Gasteiger partial charge in [-0.25, -0.2) is 0 Å². The summed E-state index contributed by atoms with van der Waals surface area (Å²) < 4.78 is 0. The second kappa shape index (κ2) is 4.07. The van der Waals surface area contributed by atoms with Crippen LogP contribution >= 0.6 is 11.8 Å². The van der Waals surface area contributed by atoms with E-state index in [4.69, 9.17) is 5.26 Å². The third kappa shape index (κ3) is 2.65. The Bertz CT molecular complexity index is 180. The van der Waals surface area contributed by atoms with Crippen LogP contribution in [0.4, 0.5) is 0 Å². The molecule has 0 aliphatic rings. The molecule has 10 heavy (non-hydrogen) atoms. The van der Waals surface area contributed by atoms with E-state index in [0.29, 0.717) is 11.8 Å². The first-order valence-electron chi connectivity index (χ1n) is 2.65. The average molecular weight is 157 g/mol. The van der Waals surface area contributed by atoms with Gasteiger partial charge in [-0.15, -0.1) is 0 Å². The first kappa shape index (κ1) is 9.18. The Morgan fingerprint density at radius 2 is 1.80 bits per heavy atom. The minimum Gasteiger partial charge on any atom is -0.298 e. The molecule has 0 heterocycles. The molecule has 0 fully saturated rings. The first-order chi connectivity index (χ1) is 4.59. The van der Waals surface area contributed by atoms with E-state index in [-0.39, 0.29) is 11.6 Å². The predicted octanol–water partition coefficient (Wildman–Crippen LogP) is 0.747. The van der Waals surface area contributed by atoms with Crippen LogP contribution in [-0.4, -0.2) is 16.8 Å². The van der Waals surface area contributed by atoms with Crippen LogP contribution in [0.1, 0.15) is 13.8 Å². The first-order valence-corrected chi connectivity index (χ1v) is 3.53. The highest BCUT2D eigenvalue weighted by molar-refractivity contribution is 8.05. The molecule has 3 nitrogen and oxygen atoms in total. The Kier molecular flexibility index (Phi) is 3.74. The quantitative estimate of drug-likeness (QED) is 0.448. The molecule has 0 N–H and O–H groups in total. The maximum atomic E-state index is 10.6. The Balaban J connectivity index is 4.15. The van der Waals surface area contributed by atoms with Gasteiger partial charge in [-0.1, -0.05) is 0 Å². The minimum absolute atomic E-state index is 0.265. The van der Waals surface area contributed by atoms with Gasteiger partial charge in [-0.3, -0.25) is 9.59 Å². The van der Waals surface area contributed by atoms with E-state index in [0.717, 1.165) is 0 Å². The van der Waals surface area contributed by atoms with Gasteiger partial charge in [0.25, 0.3) is 0 Å². The van der Waals surface area contributed by atoms with Crippen LogP contribution in [0.3, 0.4) is 0 Å².